The fourth-order valence-electron chi connectivity index (χ4n) is 3.47. The molecule has 0 unspecified atom stereocenters. The van der Waals surface area contributed by atoms with E-state index in [1.807, 2.05) is 30.3 Å². The molecule has 7 nitrogen and oxygen atoms in total. The molecule has 178 valence electrons. The molecule has 1 heterocycles. The van der Waals surface area contributed by atoms with Gasteiger partial charge in [0.25, 0.3) is 5.91 Å². The van der Waals surface area contributed by atoms with Crippen LogP contribution in [0, 0.1) is 5.82 Å². The summed E-state index contributed by atoms with van der Waals surface area (Å²) in [5, 5.41) is 8.11. The quantitative estimate of drug-likeness (QED) is 0.452. The minimum Gasteiger partial charge on any atom is -0.346 e. The molecule has 0 aliphatic carbocycles. The van der Waals surface area contributed by atoms with Gasteiger partial charge in [-0.05, 0) is 55.0 Å². The van der Waals surface area contributed by atoms with E-state index in [0.29, 0.717) is 27.7 Å². The first-order chi connectivity index (χ1) is 16.9. The van der Waals surface area contributed by atoms with Gasteiger partial charge in [0, 0.05) is 17.7 Å². The summed E-state index contributed by atoms with van der Waals surface area (Å²) >= 11 is 1.20. The number of amidine groups is 1. The predicted octanol–water partition coefficient (Wildman–Crippen LogP) is 4.56. The van der Waals surface area contributed by atoms with Crippen LogP contribution in [0.3, 0.4) is 0 Å². The van der Waals surface area contributed by atoms with Crippen LogP contribution in [0.1, 0.15) is 35.3 Å². The molecule has 0 bridgehead atoms. The van der Waals surface area contributed by atoms with Gasteiger partial charge in [0.1, 0.15) is 11.1 Å². The maximum atomic E-state index is 13.5. The number of rotatable bonds is 7. The number of anilines is 1. The lowest BCUT2D eigenvalue weighted by Crippen LogP contribution is -2.28. The Hall–Kier alpha value is -3.98. The predicted molar refractivity (Wildman–Crippen MR) is 135 cm³/mol. The first-order valence-corrected chi connectivity index (χ1v) is 11.8. The lowest BCUT2D eigenvalue weighted by atomic mass is 10.1. The van der Waals surface area contributed by atoms with Crippen molar-refractivity contribution < 1.29 is 18.8 Å². The maximum Gasteiger partial charge on any atom is 0.251 e. The van der Waals surface area contributed by atoms with Gasteiger partial charge in [0.05, 0.1) is 11.7 Å². The molecule has 3 N–H and O–H groups in total. The number of hydrogen-bond donors (Lipinski definition) is 3. The van der Waals surface area contributed by atoms with Gasteiger partial charge in [-0.1, -0.05) is 48.2 Å². The molecule has 0 saturated carbocycles. The van der Waals surface area contributed by atoms with Crippen molar-refractivity contribution in [2.75, 3.05) is 5.32 Å². The van der Waals surface area contributed by atoms with E-state index in [-0.39, 0.29) is 30.0 Å². The highest BCUT2D eigenvalue weighted by Gasteiger charge is 2.32. The smallest absolute Gasteiger partial charge is 0.251 e. The van der Waals surface area contributed by atoms with Gasteiger partial charge in [-0.25, -0.2) is 9.38 Å². The summed E-state index contributed by atoms with van der Waals surface area (Å²) in [6.07, 6.45) is -0.0443. The van der Waals surface area contributed by atoms with E-state index in [4.69, 9.17) is 0 Å². The number of benzene rings is 3. The Morgan fingerprint density at radius 2 is 1.83 bits per heavy atom. The third-order valence-electron chi connectivity index (χ3n) is 5.24. The molecule has 2 atom stereocenters. The third kappa shape index (κ3) is 6.54. The molecule has 0 radical (unpaired) electrons. The summed E-state index contributed by atoms with van der Waals surface area (Å²) in [4.78, 5) is 41.9. The highest BCUT2D eigenvalue weighted by Crippen LogP contribution is 2.25. The van der Waals surface area contributed by atoms with E-state index in [2.05, 4.69) is 20.9 Å². The Balaban J connectivity index is 1.34. The minimum atomic E-state index is -0.601. The Bertz CT molecular complexity index is 1280. The average Bonchev–Trinajstić information content (AvgIpc) is 3.17. The number of carbonyl (C=O) groups is 3. The fraction of sp³-hybridized carbons (Fsp3) is 0.154. The van der Waals surface area contributed by atoms with Gasteiger partial charge in [-0.15, -0.1) is 0 Å². The van der Waals surface area contributed by atoms with Gasteiger partial charge in [-0.2, -0.15) is 0 Å². The van der Waals surface area contributed by atoms with Crippen molar-refractivity contribution >= 4 is 46.0 Å². The molecule has 0 aromatic heterocycles. The van der Waals surface area contributed by atoms with E-state index >= 15 is 0 Å². The number of para-hydroxylation sites is 1. The summed E-state index contributed by atoms with van der Waals surface area (Å²) in [6.45, 7) is 1.76. The molecule has 9 heteroatoms. The van der Waals surface area contributed by atoms with Crippen LogP contribution in [-0.2, 0) is 9.59 Å². The van der Waals surface area contributed by atoms with Crippen molar-refractivity contribution in [1.82, 2.24) is 10.6 Å². The maximum absolute atomic E-state index is 13.5. The molecule has 3 amide bonds. The van der Waals surface area contributed by atoms with E-state index in [9.17, 15) is 18.8 Å². The van der Waals surface area contributed by atoms with Crippen LogP contribution in [0.15, 0.2) is 83.9 Å². The van der Waals surface area contributed by atoms with Gasteiger partial charge in [-0.3, -0.25) is 14.4 Å². The zero-order valence-electron chi connectivity index (χ0n) is 18.8. The minimum absolute atomic E-state index is 0.0443. The van der Waals surface area contributed by atoms with Crippen LogP contribution in [0.5, 0.6) is 0 Å². The highest BCUT2D eigenvalue weighted by atomic mass is 32.2. The number of amides is 3. The number of aliphatic imine (C=N–C) groups is 1. The van der Waals surface area contributed by atoms with Crippen molar-refractivity contribution in [3.05, 3.63) is 95.8 Å². The van der Waals surface area contributed by atoms with E-state index < -0.39 is 11.3 Å². The molecular weight excluding hydrogens is 467 g/mol. The molecule has 1 aliphatic rings. The molecule has 1 aliphatic heterocycles. The van der Waals surface area contributed by atoms with Crippen molar-refractivity contribution in [2.45, 2.75) is 24.6 Å². The van der Waals surface area contributed by atoms with Gasteiger partial charge < -0.3 is 16.0 Å². The topological polar surface area (TPSA) is 99.7 Å². The number of hydrogen-bond acceptors (Lipinski definition) is 5. The molecule has 0 spiro atoms. The van der Waals surface area contributed by atoms with Crippen molar-refractivity contribution in [2.24, 2.45) is 4.99 Å². The van der Waals surface area contributed by atoms with Gasteiger partial charge in [0.15, 0.2) is 5.17 Å². The normalized spacial score (nSPS) is 17.0. The SMILES string of the molecule is C[C@H](NC(=O)c1cccc(NC(=O)C[C@@H]2SC(=Nc3ccccc3)NC2=O)c1)c1cccc(F)c1. The number of nitrogens with one attached hydrogen (secondary N) is 3. The largest absolute Gasteiger partial charge is 0.346 e. The Morgan fingerprint density at radius 1 is 1.06 bits per heavy atom. The van der Waals surface area contributed by atoms with Crippen molar-refractivity contribution in [3.8, 4) is 0 Å². The Labute approximate surface area is 206 Å². The zero-order valence-corrected chi connectivity index (χ0v) is 19.6. The van der Waals surface area contributed by atoms with Crippen molar-refractivity contribution in [1.29, 1.82) is 0 Å². The summed E-state index contributed by atoms with van der Waals surface area (Å²) in [7, 11) is 0. The Morgan fingerprint density at radius 3 is 2.60 bits per heavy atom. The number of carbonyl (C=O) groups excluding carboxylic acids is 3. The first kappa shape index (κ1) is 24.2. The zero-order chi connectivity index (χ0) is 24.8. The van der Waals surface area contributed by atoms with E-state index in [1.54, 1.807) is 43.3 Å². The second kappa shape index (κ2) is 11.0. The standard InChI is InChI=1S/C26H23FN4O3S/c1-16(17-7-5-9-19(27)13-17)28-24(33)18-8-6-12-21(14-18)29-23(32)15-22-25(34)31-26(35-22)30-20-10-3-2-4-11-20/h2-14,16,22H,15H2,1H3,(H,28,33)(H,29,32)(H,30,31,34)/t16-,22-/m0/s1. The van der Waals surface area contributed by atoms with Crippen molar-refractivity contribution in [3.63, 3.8) is 0 Å². The van der Waals surface area contributed by atoms with Crippen LogP contribution in [0.4, 0.5) is 15.8 Å². The molecule has 1 fully saturated rings. The van der Waals surface area contributed by atoms with Crippen LogP contribution >= 0.6 is 11.8 Å². The number of thioether (sulfide) groups is 1. The number of halogens is 1. The summed E-state index contributed by atoms with van der Waals surface area (Å²) in [6, 6.07) is 21.3. The van der Waals surface area contributed by atoms with Gasteiger partial charge >= 0.3 is 0 Å². The van der Waals surface area contributed by atoms with E-state index in [0.717, 1.165) is 0 Å². The molecule has 3 aromatic carbocycles. The molecule has 35 heavy (non-hydrogen) atoms. The van der Waals surface area contributed by atoms with E-state index in [1.165, 1.54) is 23.9 Å². The summed E-state index contributed by atoms with van der Waals surface area (Å²) in [5.74, 6) is -1.37. The van der Waals surface area contributed by atoms with Crippen LogP contribution in [0.2, 0.25) is 0 Å². The summed E-state index contributed by atoms with van der Waals surface area (Å²) < 4.78 is 13.5. The Kier molecular flexibility index (Phi) is 7.57. The van der Waals surface area contributed by atoms with Gasteiger partial charge in [0.2, 0.25) is 11.8 Å². The van der Waals surface area contributed by atoms with Crippen LogP contribution in [-0.4, -0.2) is 28.1 Å². The second-order valence-corrected chi connectivity index (χ2v) is 9.12. The molecular formula is C26H23FN4O3S. The van der Waals surface area contributed by atoms with Crippen LogP contribution < -0.4 is 16.0 Å². The average molecular weight is 491 g/mol. The summed E-state index contributed by atoms with van der Waals surface area (Å²) in [5.41, 5.74) is 2.13. The second-order valence-electron chi connectivity index (χ2n) is 7.93. The lowest BCUT2D eigenvalue weighted by Gasteiger charge is -2.15. The molecule has 1 saturated heterocycles. The fourth-order valence-corrected chi connectivity index (χ4v) is 4.46. The monoisotopic (exact) mass is 490 g/mol. The first-order valence-electron chi connectivity index (χ1n) is 10.9. The molecule has 3 aromatic rings. The third-order valence-corrected chi connectivity index (χ3v) is 6.32. The highest BCUT2D eigenvalue weighted by molar-refractivity contribution is 8.15. The van der Waals surface area contributed by atoms with Crippen LogP contribution in [0.25, 0.3) is 0 Å². The lowest BCUT2D eigenvalue weighted by molar-refractivity contribution is -0.122. The molecule has 4 rings (SSSR count). The number of nitrogens with zero attached hydrogens (tertiary/aromatic N) is 1.